The summed E-state index contributed by atoms with van der Waals surface area (Å²) in [7, 11) is 0. The largest absolute Gasteiger partial charge is 0.310 e. The quantitative estimate of drug-likeness (QED) is 0.610. The highest BCUT2D eigenvalue weighted by molar-refractivity contribution is 14.1. The van der Waals surface area contributed by atoms with E-state index < -0.39 is 0 Å². The molecule has 5 heteroatoms. The van der Waals surface area contributed by atoms with Gasteiger partial charge in [0.15, 0.2) is 0 Å². The van der Waals surface area contributed by atoms with Gasteiger partial charge in [0, 0.05) is 10.1 Å². The molecule has 23 heavy (non-hydrogen) atoms. The molecule has 3 aromatic rings. The smallest absolute Gasteiger partial charge is 0.259 e. The van der Waals surface area contributed by atoms with Crippen LogP contribution in [0.25, 0.3) is 11.0 Å². The Hall–Kier alpha value is -1.89. The maximum Gasteiger partial charge on any atom is 0.259 e. The molecule has 0 aliphatic rings. The number of nitrogens with one attached hydrogen (secondary N) is 1. The first-order chi connectivity index (χ1) is 11.2. The Morgan fingerprint density at radius 3 is 2.70 bits per heavy atom. The average Bonchev–Trinajstić information content (AvgIpc) is 2.90. The normalized spacial score (nSPS) is 10.9. The Labute approximate surface area is 149 Å². The van der Waals surface area contributed by atoms with Crippen molar-refractivity contribution in [2.45, 2.75) is 26.3 Å². The third-order valence-electron chi connectivity index (χ3n) is 3.73. The molecule has 0 fully saturated rings. The van der Waals surface area contributed by atoms with Crippen LogP contribution < -0.4 is 5.32 Å². The molecule has 0 aliphatic carbocycles. The van der Waals surface area contributed by atoms with Crippen molar-refractivity contribution in [3.63, 3.8) is 0 Å². The zero-order valence-corrected chi connectivity index (χ0v) is 15.1. The molecule has 3 rings (SSSR count). The molecular formula is C18H18IN3O. The topological polar surface area (TPSA) is 46.9 Å². The Kier molecular flexibility index (Phi) is 4.95. The van der Waals surface area contributed by atoms with E-state index in [1.807, 2.05) is 48.5 Å². The van der Waals surface area contributed by atoms with E-state index in [1.54, 1.807) is 0 Å². The van der Waals surface area contributed by atoms with Gasteiger partial charge in [0.25, 0.3) is 5.91 Å². The van der Waals surface area contributed by atoms with Gasteiger partial charge in [-0.1, -0.05) is 37.6 Å². The molecule has 1 N–H and O–H groups in total. The Morgan fingerprint density at radius 2 is 1.91 bits per heavy atom. The predicted molar refractivity (Wildman–Crippen MR) is 102 cm³/mol. The van der Waals surface area contributed by atoms with Crippen LogP contribution in [0.4, 0.5) is 5.95 Å². The molecule has 0 saturated carbocycles. The minimum Gasteiger partial charge on any atom is -0.310 e. The number of rotatable bonds is 5. The van der Waals surface area contributed by atoms with Gasteiger partial charge in [-0.2, -0.15) is 0 Å². The van der Waals surface area contributed by atoms with E-state index in [4.69, 9.17) is 0 Å². The number of aryl methyl sites for hydroxylation is 1. The number of nitrogens with zero attached hydrogens (tertiary/aromatic N) is 2. The number of carbonyl (C=O) groups is 1. The van der Waals surface area contributed by atoms with Crippen LogP contribution in [-0.2, 0) is 6.54 Å². The van der Waals surface area contributed by atoms with Gasteiger partial charge in [0.2, 0.25) is 5.95 Å². The van der Waals surface area contributed by atoms with Crippen molar-refractivity contribution in [3.8, 4) is 0 Å². The maximum absolute atomic E-state index is 12.6. The molecule has 0 spiro atoms. The van der Waals surface area contributed by atoms with Gasteiger partial charge in [-0.3, -0.25) is 10.1 Å². The summed E-state index contributed by atoms with van der Waals surface area (Å²) in [6.45, 7) is 3.00. The summed E-state index contributed by atoms with van der Waals surface area (Å²) in [4.78, 5) is 17.2. The van der Waals surface area contributed by atoms with Gasteiger partial charge in [0.1, 0.15) is 0 Å². The Balaban J connectivity index is 1.96. The Morgan fingerprint density at radius 1 is 1.17 bits per heavy atom. The molecule has 1 heterocycles. The third kappa shape index (κ3) is 3.39. The van der Waals surface area contributed by atoms with E-state index in [2.05, 4.69) is 44.4 Å². The molecule has 1 aromatic heterocycles. The van der Waals surface area contributed by atoms with E-state index in [9.17, 15) is 4.79 Å². The van der Waals surface area contributed by atoms with Gasteiger partial charge in [-0.05, 0) is 53.3 Å². The van der Waals surface area contributed by atoms with Crippen molar-refractivity contribution in [1.82, 2.24) is 9.55 Å². The van der Waals surface area contributed by atoms with E-state index in [0.717, 1.165) is 34.0 Å². The number of amides is 1. The van der Waals surface area contributed by atoms with Gasteiger partial charge >= 0.3 is 0 Å². The maximum atomic E-state index is 12.6. The highest BCUT2D eigenvalue weighted by Crippen LogP contribution is 2.21. The summed E-state index contributed by atoms with van der Waals surface area (Å²) >= 11 is 2.18. The standard InChI is InChI=1S/C18H18IN3O/c1-2-3-12-22-16-11-7-6-10-15(16)20-18(22)21-17(23)13-8-4-5-9-14(13)19/h4-11H,2-3,12H2,1H3,(H,20,21,23). The van der Waals surface area contributed by atoms with Crippen molar-refractivity contribution in [2.24, 2.45) is 0 Å². The first kappa shape index (κ1) is 16.0. The fourth-order valence-corrected chi connectivity index (χ4v) is 3.16. The number of fused-ring (bicyclic) bond motifs is 1. The van der Waals surface area contributed by atoms with Crippen LogP contribution in [0.5, 0.6) is 0 Å². The molecule has 0 bridgehead atoms. The molecule has 118 valence electrons. The Bertz CT molecular complexity index is 841. The van der Waals surface area contributed by atoms with E-state index in [1.165, 1.54) is 0 Å². The van der Waals surface area contributed by atoms with Gasteiger partial charge in [-0.15, -0.1) is 0 Å². The van der Waals surface area contributed by atoms with Crippen LogP contribution in [0.15, 0.2) is 48.5 Å². The second kappa shape index (κ2) is 7.12. The summed E-state index contributed by atoms with van der Waals surface area (Å²) in [5.41, 5.74) is 2.63. The minimum atomic E-state index is -0.122. The second-order valence-electron chi connectivity index (χ2n) is 5.36. The van der Waals surface area contributed by atoms with Gasteiger partial charge < -0.3 is 4.57 Å². The number of anilines is 1. The van der Waals surface area contributed by atoms with Crippen molar-refractivity contribution in [1.29, 1.82) is 0 Å². The molecule has 2 aromatic carbocycles. The van der Waals surface area contributed by atoms with Crippen molar-refractivity contribution >= 4 is 45.5 Å². The third-order valence-corrected chi connectivity index (χ3v) is 4.67. The molecule has 0 radical (unpaired) electrons. The molecular weight excluding hydrogens is 401 g/mol. The van der Waals surface area contributed by atoms with Crippen molar-refractivity contribution < 1.29 is 4.79 Å². The fraction of sp³-hybridized carbons (Fsp3) is 0.222. The van der Waals surface area contributed by atoms with Crippen LogP contribution in [-0.4, -0.2) is 15.5 Å². The number of imidazole rings is 1. The fourth-order valence-electron chi connectivity index (χ4n) is 2.53. The lowest BCUT2D eigenvalue weighted by Crippen LogP contribution is -2.17. The summed E-state index contributed by atoms with van der Waals surface area (Å²) < 4.78 is 3.02. The predicted octanol–water partition coefficient (Wildman–Crippen LogP) is 4.69. The zero-order chi connectivity index (χ0) is 16.2. The first-order valence-corrected chi connectivity index (χ1v) is 8.79. The lowest BCUT2D eigenvalue weighted by atomic mass is 10.2. The lowest BCUT2D eigenvalue weighted by Gasteiger charge is -2.10. The summed E-state index contributed by atoms with van der Waals surface area (Å²) in [5.74, 6) is 0.493. The van der Waals surface area contributed by atoms with Crippen LogP contribution in [0.3, 0.4) is 0 Å². The van der Waals surface area contributed by atoms with E-state index in [0.29, 0.717) is 11.5 Å². The minimum absolute atomic E-state index is 0.122. The molecule has 0 unspecified atom stereocenters. The number of hydrogen-bond donors (Lipinski definition) is 1. The SMILES string of the molecule is CCCCn1c(NC(=O)c2ccccc2I)nc2ccccc21. The summed E-state index contributed by atoms with van der Waals surface area (Å²) in [5, 5.41) is 2.97. The van der Waals surface area contributed by atoms with Crippen molar-refractivity contribution in [2.75, 3.05) is 5.32 Å². The monoisotopic (exact) mass is 419 g/mol. The van der Waals surface area contributed by atoms with Crippen molar-refractivity contribution in [3.05, 3.63) is 57.7 Å². The zero-order valence-electron chi connectivity index (χ0n) is 12.9. The number of benzene rings is 2. The molecule has 4 nitrogen and oxygen atoms in total. The van der Waals surface area contributed by atoms with Gasteiger partial charge in [0.05, 0.1) is 16.6 Å². The summed E-state index contributed by atoms with van der Waals surface area (Å²) in [6.07, 6.45) is 2.14. The van der Waals surface area contributed by atoms with E-state index >= 15 is 0 Å². The lowest BCUT2D eigenvalue weighted by molar-refractivity contribution is 0.102. The molecule has 0 aliphatic heterocycles. The van der Waals surface area contributed by atoms with E-state index in [-0.39, 0.29) is 5.91 Å². The van der Waals surface area contributed by atoms with Gasteiger partial charge in [-0.25, -0.2) is 4.98 Å². The number of unbranched alkanes of at least 4 members (excludes halogenated alkanes) is 1. The van der Waals surface area contributed by atoms with Crippen LogP contribution >= 0.6 is 22.6 Å². The second-order valence-corrected chi connectivity index (χ2v) is 6.53. The molecule has 1 amide bonds. The summed E-state index contributed by atoms with van der Waals surface area (Å²) in [6, 6.07) is 15.5. The highest BCUT2D eigenvalue weighted by atomic mass is 127. The van der Waals surface area contributed by atoms with Crippen LogP contribution in [0, 0.1) is 3.57 Å². The molecule has 0 atom stereocenters. The number of hydrogen-bond acceptors (Lipinski definition) is 2. The number of halogens is 1. The number of para-hydroxylation sites is 2. The molecule has 0 saturated heterocycles. The van der Waals surface area contributed by atoms with Crippen LogP contribution in [0.1, 0.15) is 30.1 Å². The highest BCUT2D eigenvalue weighted by Gasteiger charge is 2.15. The van der Waals surface area contributed by atoms with Crippen LogP contribution in [0.2, 0.25) is 0 Å². The average molecular weight is 419 g/mol. The number of carbonyl (C=O) groups excluding carboxylic acids is 1. The number of aromatic nitrogens is 2. The first-order valence-electron chi connectivity index (χ1n) is 7.72.